The average molecular weight is 217 g/mol. The van der Waals surface area contributed by atoms with Gasteiger partial charge in [0.2, 0.25) is 0 Å². The van der Waals surface area contributed by atoms with Crippen LogP contribution in [0.3, 0.4) is 0 Å². The summed E-state index contributed by atoms with van der Waals surface area (Å²) in [5.74, 6) is 1.43. The minimum atomic E-state index is 0.373. The van der Waals surface area contributed by atoms with Crippen molar-refractivity contribution in [3.05, 3.63) is 29.3 Å². The number of hydrogen-bond donors (Lipinski definition) is 0. The van der Waals surface area contributed by atoms with E-state index < -0.39 is 0 Å². The summed E-state index contributed by atoms with van der Waals surface area (Å²) in [6.45, 7) is 7.59. The van der Waals surface area contributed by atoms with Gasteiger partial charge in [-0.2, -0.15) is 5.26 Å². The van der Waals surface area contributed by atoms with Crippen LogP contribution in [0.5, 0.6) is 11.5 Å². The van der Waals surface area contributed by atoms with E-state index in [1.807, 2.05) is 19.9 Å². The molecule has 0 aromatic heterocycles. The van der Waals surface area contributed by atoms with E-state index in [1.165, 1.54) is 0 Å². The number of nitriles is 1. The second-order valence-electron chi connectivity index (χ2n) is 3.50. The van der Waals surface area contributed by atoms with Crippen LogP contribution in [0.15, 0.2) is 12.6 Å². The van der Waals surface area contributed by atoms with E-state index in [0.29, 0.717) is 16.9 Å². The van der Waals surface area contributed by atoms with Gasteiger partial charge in [-0.15, -0.1) is 0 Å². The molecular formula is C13H15NO2. The molecule has 0 unspecified atom stereocenters. The molecule has 0 amide bonds. The van der Waals surface area contributed by atoms with E-state index >= 15 is 0 Å². The fourth-order valence-corrected chi connectivity index (χ4v) is 1.62. The Morgan fingerprint density at radius 3 is 2.31 bits per heavy atom. The van der Waals surface area contributed by atoms with Gasteiger partial charge in [0, 0.05) is 5.56 Å². The molecule has 3 nitrogen and oxygen atoms in total. The fourth-order valence-electron chi connectivity index (χ4n) is 1.62. The van der Waals surface area contributed by atoms with E-state index in [-0.39, 0.29) is 0 Å². The van der Waals surface area contributed by atoms with E-state index in [1.54, 1.807) is 20.3 Å². The van der Waals surface area contributed by atoms with Crippen LogP contribution in [0, 0.1) is 25.2 Å². The van der Waals surface area contributed by atoms with Crippen molar-refractivity contribution >= 4 is 5.57 Å². The van der Waals surface area contributed by atoms with Gasteiger partial charge in [-0.05, 0) is 31.0 Å². The number of methoxy groups -OCH3 is 2. The third-order valence-electron chi connectivity index (χ3n) is 2.68. The van der Waals surface area contributed by atoms with Crippen LogP contribution in [0.1, 0.15) is 16.7 Å². The lowest BCUT2D eigenvalue weighted by Gasteiger charge is -2.15. The van der Waals surface area contributed by atoms with Crippen LogP contribution < -0.4 is 9.47 Å². The Bertz CT molecular complexity index is 470. The van der Waals surface area contributed by atoms with E-state index in [0.717, 1.165) is 16.9 Å². The minimum Gasteiger partial charge on any atom is -0.496 e. The van der Waals surface area contributed by atoms with E-state index in [4.69, 9.17) is 14.7 Å². The third kappa shape index (κ3) is 1.87. The number of ether oxygens (including phenoxy) is 2. The van der Waals surface area contributed by atoms with Gasteiger partial charge >= 0.3 is 0 Å². The van der Waals surface area contributed by atoms with Crippen LogP contribution in [-0.2, 0) is 0 Å². The molecule has 16 heavy (non-hydrogen) atoms. The van der Waals surface area contributed by atoms with Crippen molar-refractivity contribution < 1.29 is 9.47 Å². The van der Waals surface area contributed by atoms with Crippen molar-refractivity contribution in [3.63, 3.8) is 0 Å². The van der Waals surface area contributed by atoms with Crippen LogP contribution in [0.4, 0.5) is 0 Å². The summed E-state index contributed by atoms with van der Waals surface area (Å²) in [5, 5.41) is 8.89. The number of hydrogen-bond acceptors (Lipinski definition) is 3. The molecule has 0 radical (unpaired) electrons. The van der Waals surface area contributed by atoms with Crippen LogP contribution in [-0.4, -0.2) is 14.2 Å². The molecule has 0 aliphatic heterocycles. The Kier molecular flexibility index (Phi) is 3.57. The summed E-state index contributed by atoms with van der Waals surface area (Å²) >= 11 is 0. The van der Waals surface area contributed by atoms with Crippen molar-refractivity contribution in [3.8, 4) is 17.6 Å². The molecule has 0 aliphatic rings. The monoisotopic (exact) mass is 217 g/mol. The largest absolute Gasteiger partial charge is 0.496 e. The van der Waals surface area contributed by atoms with Gasteiger partial charge in [-0.25, -0.2) is 0 Å². The summed E-state index contributed by atoms with van der Waals surface area (Å²) in [6.07, 6.45) is 0. The molecule has 0 saturated carbocycles. The van der Waals surface area contributed by atoms with Crippen LogP contribution in [0.2, 0.25) is 0 Å². The molecule has 1 aromatic carbocycles. The molecule has 0 heterocycles. The fraction of sp³-hybridized carbons (Fsp3) is 0.308. The third-order valence-corrected chi connectivity index (χ3v) is 2.68. The van der Waals surface area contributed by atoms with Gasteiger partial charge in [0.05, 0.1) is 25.9 Å². The number of benzene rings is 1. The summed E-state index contributed by atoms with van der Waals surface area (Å²) in [4.78, 5) is 0. The van der Waals surface area contributed by atoms with Gasteiger partial charge in [0.25, 0.3) is 0 Å². The normalized spacial score (nSPS) is 9.44. The predicted molar refractivity (Wildman–Crippen MR) is 63.7 cm³/mol. The first-order valence-corrected chi connectivity index (χ1v) is 4.88. The molecule has 0 aliphatic carbocycles. The molecule has 0 saturated heterocycles. The smallest absolute Gasteiger partial charge is 0.130 e. The second-order valence-corrected chi connectivity index (χ2v) is 3.50. The highest BCUT2D eigenvalue weighted by atomic mass is 16.5. The van der Waals surface area contributed by atoms with Gasteiger partial charge in [0.15, 0.2) is 0 Å². The molecule has 0 N–H and O–H groups in total. The Morgan fingerprint density at radius 1 is 1.25 bits per heavy atom. The first-order valence-electron chi connectivity index (χ1n) is 4.88. The SMILES string of the molecule is C=C(C#N)c1cc(OC)c(C)c(C)c1OC. The van der Waals surface area contributed by atoms with Crippen LogP contribution >= 0.6 is 0 Å². The highest BCUT2D eigenvalue weighted by Gasteiger charge is 2.15. The van der Waals surface area contributed by atoms with Crippen molar-refractivity contribution in [2.45, 2.75) is 13.8 Å². The second kappa shape index (κ2) is 4.71. The molecule has 0 spiro atoms. The van der Waals surface area contributed by atoms with Crippen molar-refractivity contribution in [2.24, 2.45) is 0 Å². The molecule has 0 fully saturated rings. The standard InChI is InChI=1S/C13H15NO2/c1-8(7-14)11-6-12(15-4)9(2)10(3)13(11)16-5/h6H,1H2,2-5H3. The maximum Gasteiger partial charge on any atom is 0.130 e. The zero-order chi connectivity index (χ0) is 12.3. The highest BCUT2D eigenvalue weighted by molar-refractivity contribution is 5.80. The molecule has 0 atom stereocenters. The Morgan fingerprint density at radius 2 is 1.88 bits per heavy atom. The molecular weight excluding hydrogens is 202 g/mol. The first-order chi connectivity index (χ1) is 7.56. The van der Waals surface area contributed by atoms with Gasteiger partial charge < -0.3 is 9.47 Å². The molecule has 1 rings (SSSR count). The number of allylic oxidation sites excluding steroid dienone is 1. The summed E-state index contributed by atoms with van der Waals surface area (Å²) in [6, 6.07) is 3.81. The average Bonchev–Trinajstić information content (AvgIpc) is 2.31. The molecule has 3 heteroatoms. The van der Waals surface area contributed by atoms with Gasteiger partial charge in [0.1, 0.15) is 11.5 Å². The Balaban J connectivity index is 3.55. The molecule has 1 aromatic rings. The first kappa shape index (κ1) is 12.1. The highest BCUT2D eigenvalue weighted by Crippen LogP contribution is 2.36. The van der Waals surface area contributed by atoms with E-state index in [2.05, 4.69) is 6.58 Å². The van der Waals surface area contributed by atoms with Crippen molar-refractivity contribution in [1.29, 1.82) is 5.26 Å². The topological polar surface area (TPSA) is 42.2 Å². The lowest BCUT2D eigenvalue weighted by molar-refractivity contribution is 0.397. The summed E-state index contributed by atoms with van der Waals surface area (Å²) < 4.78 is 10.6. The van der Waals surface area contributed by atoms with Crippen molar-refractivity contribution in [2.75, 3.05) is 14.2 Å². The van der Waals surface area contributed by atoms with E-state index in [9.17, 15) is 0 Å². The quantitative estimate of drug-likeness (QED) is 0.731. The van der Waals surface area contributed by atoms with Crippen LogP contribution in [0.25, 0.3) is 5.57 Å². The zero-order valence-electron chi connectivity index (χ0n) is 10.0. The Hall–Kier alpha value is -1.95. The number of rotatable bonds is 3. The summed E-state index contributed by atoms with van der Waals surface area (Å²) in [5.41, 5.74) is 3.03. The molecule has 0 bridgehead atoms. The minimum absolute atomic E-state index is 0.373. The number of nitrogens with zero attached hydrogens (tertiary/aromatic N) is 1. The Labute approximate surface area is 95.9 Å². The lowest BCUT2D eigenvalue weighted by Crippen LogP contribution is -1.99. The van der Waals surface area contributed by atoms with Gasteiger partial charge in [-0.1, -0.05) is 6.58 Å². The molecule has 84 valence electrons. The lowest BCUT2D eigenvalue weighted by atomic mass is 9.99. The van der Waals surface area contributed by atoms with Crippen molar-refractivity contribution in [1.82, 2.24) is 0 Å². The predicted octanol–water partition coefficient (Wildman–Crippen LogP) is 2.86. The maximum atomic E-state index is 8.89. The summed E-state index contributed by atoms with van der Waals surface area (Å²) in [7, 11) is 3.19. The van der Waals surface area contributed by atoms with Gasteiger partial charge in [-0.3, -0.25) is 0 Å². The maximum absolute atomic E-state index is 8.89. The zero-order valence-corrected chi connectivity index (χ0v) is 10.0.